The number of benzene rings is 2. The molecule has 0 aliphatic carbocycles. The SMILES string of the molecule is COc1ccccc1CCC(=O)Nc1ccc(OC(F)F)cc1. The molecule has 0 saturated heterocycles. The first-order valence-electron chi connectivity index (χ1n) is 7.05. The molecule has 0 heterocycles. The molecule has 2 aromatic rings. The summed E-state index contributed by atoms with van der Waals surface area (Å²) in [5.74, 6) is 0.624. The van der Waals surface area contributed by atoms with Crippen molar-refractivity contribution >= 4 is 11.6 Å². The van der Waals surface area contributed by atoms with Crippen LogP contribution in [0.1, 0.15) is 12.0 Å². The molecule has 0 unspecified atom stereocenters. The third kappa shape index (κ3) is 5.25. The van der Waals surface area contributed by atoms with Gasteiger partial charge in [-0.1, -0.05) is 18.2 Å². The van der Waals surface area contributed by atoms with E-state index >= 15 is 0 Å². The molecular weight excluding hydrogens is 304 g/mol. The van der Waals surface area contributed by atoms with E-state index < -0.39 is 6.61 Å². The number of nitrogens with one attached hydrogen (secondary N) is 1. The quantitative estimate of drug-likeness (QED) is 0.842. The molecule has 6 heteroatoms. The fraction of sp³-hybridized carbons (Fsp3) is 0.235. The molecule has 1 N–H and O–H groups in total. The summed E-state index contributed by atoms with van der Waals surface area (Å²) in [5, 5.41) is 2.71. The number of alkyl halides is 2. The third-order valence-electron chi connectivity index (χ3n) is 3.18. The summed E-state index contributed by atoms with van der Waals surface area (Å²) in [7, 11) is 1.59. The molecule has 0 aliphatic heterocycles. The van der Waals surface area contributed by atoms with E-state index in [4.69, 9.17) is 4.74 Å². The zero-order chi connectivity index (χ0) is 16.7. The lowest BCUT2D eigenvalue weighted by Crippen LogP contribution is -2.12. The lowest BCUT2D eigenvalue weighted by molar-refractivity contribution is -0.116. The van der Waals surface area contributed by atoms with E-state index in [1.54, 1.807) is 7.11 Å². The number of hydrogen-bond donors (Lipinski definition) is 1. The van der Waals surface area contributed by atoms with Crippen molar-refractivity contribution in [2.75, 3.05) is 12.4 Å². The average Bonchev–Trinajstić information content (AvgIpc) is 2.54. The van der Waals surface area contributed by atoms with E-state index in [0.717, 1.165) is 11.3 Å². The first-order chi connectivity index (χ1) is 11.1. The van der Waals surface area contributed by atoms with E-state index in [1.807, 2.05) is 24.3 Å². The molecule has 2 rings (SSSR count). The Bertz CT molecular complexity index is 645. The molecule has 0 spiro atoms. The Morgan fingerprint density at radius 3 is 2.48 bits per heavy atom. The van der Waals surface area contributed by atoms with Gasteiger partial charge in [0.2, 0.25) is 5.91 Å². The molecule has 23 heavy (non-hydrogen) atoms. The molecule has 1 amide bonds. The van der Waals surface area contributed by atoms with Gasteiger partial charge < -0.3 is 14.8 Å². The van der Waals surface area contributed by atoms with Crippen molar-refractivity contribution in [3.05, 3.63) is 54.1 Å². The molecule has 0 radical (unpaired) electrons. The lowest BCUT2D eigenvalue weighted by Gasteiger charge is -2.09. The number of carbonyl (C=O) groups excluding carboxylic acids is 1. The highest BCUT2D eigenvalue weighted by Gasteiger charge is 2.08. The van der Waals surface area contributed by atoms with Crippen LogP contribution in [0.5, 0.6) is 11.5 Å². The molecule has 122 valence electrons. The van der Waals surface area contributed by atoms with Gasteiger partial charge in [0.15, 0.2) is 0 Å². The van der Waals surface area contributed by atoms with Crippen LogP contribution in [-0.2, 0) is 11.2 Å². The van der Waals surface area contributed by atoms with Crippen molar-refractivity contribution in [3.8, 4) is 11.5 Å². The van der Waals surface area contributed by atoms with E-state index in [9.17, 15) is 13.6 Å². The summed E-state index contributed by atoms with van der Waals surface area (Å²) >= 11 is 0. The molecule has 0 fully saturated rings. The highest BCUT2D eigenvalue weighted by molar-refractivity contribution is 5.90. The van der Waals surface area contributed by atoms with Crippen LogP contribution in [0.25, 0.3) is 0 Å². The fourth-order valence-corrected chi connectivity index (χ4v) is 2.10. The van der Waals surface area contributed by atoms with E-state index in [1.165, 1.54) is 24.3 Å². The van der Waals surface area contributed by atoms with Gasteiger partial charge in [0, 0.05) is 12.1 Å². The standard InChI is InChI=1S/C17H17F2NO3/c1-22-15-5-3-2-4-12(15)6-11-16(21)20-13-7-9-14(10-8-13)23-17(18)19/h2-5,7-10,17H,6,11H2,1H3,(H,20,21). The maximum atomic E-state index is 12.1. The smallest absolute Gasteiger partial charge is 0.387 e. The highest BCUT2D eigenvalue weighted by Crippen LogP contribution is 2.20. The zero-order valence-electron chi connectivity index (χ0n) is 12.6. The monoisotopic (exact) mass is 321 g/mol. The molecule has 0 atom stereocenters. The first kappa shape index (κ1) is 16.7. The van der Waals surface area contributed by atoms with Gasteiger partial charge in [-0.3, -0.25) is 4.79 Å². The fourth-order valence-electron chi connectivity index (χ4n) is 2.10. The van der Waals surface area contributed by atoms with E-state index in [0.29, 0.717) is 12.1 Å². The number of rotatable bonds is 7. The van der Waals surface area contributed by atoms with Crippen molar-refractivity contribution in [3.63, 3.8) is 0 Å². The minimum absolute atomic E-state index is 0.0482. The van der Waals surface area contributed by atoms with Crippen molar-refractivity contribution in [2.24, 2.45) is 0 Å². The summed E-state index contributed by atoms with van der Waals surface area (Å²) in [5.41, 5.74) is 1.47. The highest BCUT2D eigenvalue weighted by atomic mass is 19.3. The second-order valence-electron chi connectivity index (χ2n) is 4.76. The maximum Gasteiger partial charge on any atom is 0.387 e. The number of carbonyl (C=O) groups is 1. The largest absolute Gasteiger partial charge is 0.496 e. The minimum atomic E-state index is -2.86. The summed E-state index contributed by atoms with van der Waals surface area (Å²) in [6.07, 6.45) is 0.831. The Morgan fingerprint density at radius 1 is 1.13 bits per heavy atom. The molecule has 0 saturated carbocycles. The van der Waals surface area contributed by atoms with Crippen LogP contribution >= 0.6 is 0 Å². The van der Waals surface area contributed by atoms with Crippen molar-refractivity contribution in [1.29, 1.82) is 0 Å². The summed E-state index contributed by atoms with van der Waals surface area (Å²) in [6, 6.07) is 13.3. The number of aryl methyl sites for hydroxylation is 1. The van der Waals surface area contributed by atoms with Gasteiger partial charge in [0.1, 0.15) is 11.5 Å². The van der Waals surface area contributed by atoms with Crippen LogP contribution in [0.4, 0.5) is 14.5 Å². The summed E-state index contributed by atoms with van der Waals surface area (Å²) < 4.78 is 33.6. The van der Waals surface area contributed by atoms with Gasteiger partial charge in [-0.05, 0) is 42.3 Å². The molecule has 0 aromatic heterocycles. The van der Waals surface area contributed by atoms with Crippen molar-refractivity contribution < 1.29 is 23.0 Å². The molecule has 2 aromatic carbocycles. The van der Waals surface area contributed by atoms with Gasteiger partial charge in [0.05, 0.1) is 7.11 Å². The van der Waals surface area contributed by atoms with Gasteiger partial charge in [-0.2, -0.15) is 8.78 Å². The number of hydrogen-bond acceptors (Lipinski definition) is 3. The zero-order valence-corrected chi connectivity index (χ0v) is 12.6. The Balaban J connectivity index is 1.87. The van der Waals surface area contributed by atoms with E-state index in [2.05, 4.69) is 10.1 Å². The summed E-state index contributed by atoms with van der Waals surface area (Å²) in [6.45, 7) is -2.86. The Labute approximate surface area is 133 Å². The summed E-state index contributed by atoms with van der Waals surface area (Å²) in [4.78, 5) is 11.9. The second kappa shape index (κ2) is 8.12. The predicted molar refractivity (Wildman–Crippen MR) is 83.0 cm³/mol. The second-order valence-corrected chi connectivity index (χ2v) is 4.76. The van der Waals surface area contributed by atoms with Gasteiger partial charge >= 0.3 is 6.61 Å². The van der Waals surface area contributed by atoms with E-state index in [-0.39, 0.29) is 18.1 Å². The topological polar surface area (TPSA) is 47.6 Å². The van der Waals surface area contributed by atoms with Crippen LogP contribution < -0.4 is 14.8 Å². The van der Waals surface area contributed by atoms with Crippen LogP contribution in [0.2, 0.25) is 0 Å². The third-order valence-corrected chi connectivity index (χ3v) is 3.18. The van der Waals surface area contributed by atoms with Crippen molar-refractivity contribution in [2.45, 2.75) is 19.5 Å². The minimum Gasteiger partial charge on any atom is -0.496 e. The molecule has 0 aliphatic rings. The van der Waals surface area contributed by atoms with Crippen LogP contribution in [0.15, 0.2) is 48.5 Å². The maximum absolute atomic E-state index is 12.1. The van der Waals surface area contributed by atoms with Crippen LogP contribution in [0.3, 0.4) is 0 Å². The number of ether oxygens (including phenoxy) is 2. The first-order valence-corrected chi connectivity index (χ1v) is 7.05. The Kier molecular flexibility index (Phi) is 5.91. The number of methoxy groups -OCH3 is 1. The molecular formula is C17H17F2NO3. The van der Waals surface area contributed by atoms with Crippen molar-refractivity contribution in [1.82, 2.24) is 0 Å². The van der Waals surface area contributed by atoms with Gasteiger partial charge in [-0.15, -0.1) is 0 Å². The lowest BCUT2D eigenvalue weighted by atomic mass is 10.1. The normalized spacial score (nSPS) is 10.4. The number of amides is 1. The predicted octanol–water partition coefficient (Wildman–Crippen LogP) is 3.87. The van der Waals surface area contributed by atoms with Crippen LogP contribution in [-0.4, -0.2) is 19.6 Å². The Hall–Kier alpha value is -2.63. The number of para-hydroxylation sites is 1. The molecule has 0 bridgehead atoms. The average molecular weight is 321 g/mol. The molecule has 4 nitrogen and oxygen atoms in total. The van der Waals surface area contributed by atoms with Gasteiger partial charge in [-0.25, -0.2) is 0 Å². The number of anilines is 1. The Morgan fingerprint density at radius 2 is 1.83 bits per heavy atom. The van der Waals surface area contributed by atoms with Crippen LogP contribution in [0, 0.1) is 0 Å². The van der Waals surface area contributed by atoms with Gasteiger partial charge in [0.25, 0.3) is 0 Å². The number of halogens is 2.